The third-order valence-electron chi connectivity index (χ3n) is 1.94. The van der Waals surface area contributed by atoms with Crippen LogP contribution in [0.25, 0.3) is 0 Å². The van der Waals surface area contributed by atoms with Crippen LogP contribution >= 0.6 is 23.2 Å². The number of hydrogen-bond donors (Lipinski definition) is 1. The number of nitrogens with zero attached hydrogens (tertiary/aromatic N) is 1. The van der Waals surface area contributed by atoms with E-state index >= 15 is 0 Å². The lowest BCUT2D eigenvalue weighted by Crippen LogP contribution is -2.05. The summed E-state index contributed by atoms with van der Waals surface area (Å²) in [6.07, 6.45) is -0.270. The van der Waals surface area contributed by atoms with Crippen molar-refractivity contribution in [2.24, 2.45) is 0 Å². The van der Waals surface area contributed by atoms with Gasteiger partial charge in [-0.15, -0.1) is 0 Å². The van der Waals surface area contributed by atoms with Crippen LogP contribution in [0.4, 0.5) is 0 Å². The van der Waals surface area contributed by atoms with E-state index in [-0.39, 0.29) is 6.61 Å². The van der Waals surface area contributed by atoms with E-state index in [0.29, 0.717) is 28.6 Å². The van der Waals surface area contributed by atoms with Gasteiger partial charge in [0.1, 0.15) is 0 Å². The van der Waals surface area contributed by atoms with E-state index in [1.165, 1.54) is 0 Å². The minimum atomic E-state index is -0.752. The number of aliphatic hydroxyl groups excluding tert-OH is 1. The molecule has 16 heavy (non-hydrogen) atoms. The zero-order chi connectivity index (χ0) is 12.0. The zero-order valence-corrected chi connectivity index (χ0v) is 10.0. The number of nitriles is 1. The standard InChI is InChI=1S/C11H11Cl2NO2/c12-8-2-3-10(13)9(6-8)11(7-14)16-5-1-4-15/h2-3,6,11,15H,1,4-5H2. The highest BCUT2D eigenvalue weighted by molar-refractivity contribution is 6.33. The molecule has 3 nitrogen and oxygen atoms in total. The second-order valence-electron chi connectivity index (χ2n) is 3.12. The van der Waals surface area contributed by atoms with Crippen LogP contribution in [0, 0.1) is 11.3 Å². The first-order valence-corrected chi connectivity index (χ1v) is 5.51. The quantitative estimate of drug-likeness (QED) is 0.828. The Balaban J connectivity index is 2.79. The van der Waals surface area contributed by atoms with Crippen molar-refractivity contribution < 1.29 is 9.84 Å². The SMILES string of the molecule is N#CC(OCCCO)c1cc(Cl)ccc1Cl. The van der Waals surface area contributed by atoms with Gasteiger partial charge in [0.15, 0.2) is 6.10 Å². The minimum Gasteiger partial charge on any atom is -0.396 e. The molecule has 1 rings (SSSR count). The summed E-state index contributed by atoms with van der Waals surface area (Å²) >= 11 is 11.8. The molecule has 0 heterocycles. The normalized spacial score (nSPS) is 12.1. The summed E-state index contributed by atoms with van der Waals surface area (Å²) in [6, 6.07) is 6.88. The van der Waals surface area contributed by atoms with Crippen molar-refractivity contribution in [1.29, 1.82) is 5.26 Å². The Kier molecular flexibility index (Phi) is 5.58. The van der Waals surface area contributed by atoms with Crippen molar-refractivity contribution in [1.82, 2.24) is 0 Å². The smallest absolute Gasteiger partial charge is 0.170 e. The maximum absolute atomic E-state index is 8.95. The molecule has 1 aromatic carbocycles. The van der Waals surface area contributed by atoms with Crippen LogP contribution in [-0.2, 0) is 4.74 Å². The molecule has 0 aromatic heterocycles. The molecule has 0 radical (unpaired) electrons. The molecule has 0 aliphatic carbocycles. The van der Waals surface area contributed by atoms with Gasteiger partial charge in [0.2, 0.25) is 0 Å². The zero-order valence-electron chi connectivity index (χ0n) is 8.49. The Morgan fingerprint density at radius 1 is 1.44 bits per heavy atom. The van der Waals surface area contributed by atoms with Crippen molar-refractivity contribution in [2.45, 2.75) is 12.5 Å². The Morgan fingerprint density at radius 3 is 2.81 bits per heavy atom. The van der Waals surface area contributed by atoms with Crippen LogP contribution in [0.5, 0.6) is 0 Å². The lowest BCUT2D eigenvalue weighted by atomic mass is 10.1. The number of ether oxygens (including phenoxy) is 1. The number of halogens is 2. The topological polar surface area (TPSA) is 53.2 Å². The molecular formula is C11H11Cl2NO2. The summed E-state index contributed by atoms with van der Waals surface area (Å²) < 4.78 is 5.29. The van der Waals surface area contributed by atoms with Crippen molar-refractivity contribution in [3.63, 3.8) is 0 Å². The first-order valence-electron chi connectivity index (χ1n) is 4.76. The largest absolute Gasteiger partial charge is 0.396 e. The molecule has 1 N–H and O–H groups in total. The van der Waals surface area contributed by atoms with E-state index in [1.807, 2.05) is 6.07 Å². The molecule has 0 aliphatic rings. The molecule has 0 bridgehead atoms. The highest BCUT2D eigenvalue weighted by Gasteiger charge is 2.14. The van der Waals surface area contributed by atoms with Crippen LogP contribution in [0.1, 0.15) is 18.1 Å². The second-order valence-corrected chi connectivity index (χ2v) is 3.97. The van der Waals surface area contributed by atoms with Crippen molar-refractivity contribution >= 4 is 23.2 Å². The van der Waals surface area contributed by atoms with E-state index in [1.54, 1.807) is 18.2 Å². The van der Waals surface area contributed by atoms with Crippen LogP contribution in [0.15, 0.2) is 18.2 Å². The van der Waals surface area contributed by atoms with Gasteiger partial charge in [-0.1, -0.05) is 23.2 Å². The Hall–Kier alpha value is -0.790. The molecule has 0 spiro atoms. The fourth-order valence-corrected chi connectivity index (χ4v) is 1.58. The van der Waals surface area contributed by atoms with Crippen molar-refractivity contribution in [3.8, 4) is 6.07 Å². The van der Waals surface area contributed by atoms with Gasteiger partial charge in [-0.2, -0.15) is 5.26 Å². The Bertz CT molecular complexity index is 390. The van der Waals surface area contributed by atoms with Gasteiger partial charge in [-0.05, 0) is 24.6 Å². The third kappa shape index (κ3) is 3.66. The fourth-order valence-electron chi connectivity index (χ4n) is 1.18. The van der Waals surface area contributed by atoms with Gasteiger partial charge in [0.25, 0.3) is 0 Å². The lowest BCUT2D eigenvalue weighted by molar-refractivity contribution is 0.0774. The predicted molar refractivity (Wildman–Crippen MR) is 62.5 cm³/mol. The molecule has 0 saturated carbocycles. The monoisotopic (exact) mass is 259 g/mol. The molecule has 1 unspecified atom stereocenters. The summed E-state index contributed by atoms with van der Waals surface area (Å²) in [7, 11) is 0. The molecule has 1 atom stereocenters. The number of benzene rings is 1. The Labute approximate surface area is 104 Å². The van der Waals surface area contributed by atoms with E-state index in [4.69, 9.17) is 38.3 Å². The average Bonchev–Trinajstić information content (AvgIpc) is 2.28. The highest BCUT2D eigenvalue weighted by atomic mass is 35.5. The number of aliphatic hydroxyl groups is 1. The minimum absolute atomic E-state index is 0.0292. The summed E-state index contributed by atoms with van der Waals surface area (Å²) in [5.74, 6) is 0. The van der Waals surface area contributed by atoms with Gasteiger partial charge in [0, 0.05) is 22.2 Å². The summed E-state index contributed by atoms with van der Waals surface area (Å²) in [5.41, 5.74) is 0.551. The first kappa shape index (κ1) is 13.3. The van der Waals surface area contributed by atoms with Gasteiger partial charge < -0.3 is 9.84 Å². The summed E-state index contributed by atoms with van der Waals surface area (Å²) in [6.45, 7) is 0.332. The second kappa shape index (κ2) is 6.72. The Morgan fingerprint density at radius 2 is 2.19 bits per heavy atom. The molecule has 86 valence electrons. The molecule has 5 heteroatoms. The molecule has 0 fully saturated rings. The van der Waals surface area contributed by atoms with Crippen LogP contribution in [0.2, 0.25) is 10.0 Å². The highest BCUT2D eigenvalue weighted by Crippen LogP contribution is 2.28. The predicted octanol–water partition coefficient (Wildman–Crippen LogP) is 2.96. The molecule has 1 aromatic rings. The van der Waals surface area contributed by atoms with Crippen LogP contribution < -0.4 is 0 Å². The van der Waals surface area contributed by atoms with Crippen molar-refractivity contribution in [3.05, 3.63) is 33.8 Å². The average molecular weight is 260 g/mol. The van der Waals surface area contributed by atoms with E-state index in [9.17, 15) is 0 Å². The first-order chi connectivity index (χ1) is 7.69. The maximum Gasteiger partial charge on any atom is 0.170 e. The summed E-state index contributed by atoms with van der Waals surface area (Å²) in [5, 5.41) is 18.5. The van der Waals surface area contributed by atoms with E-state index in [0.717, 1.165) is 0 Å². The molecule has 0 saturated heterocycles. The number of rotatable bonds is 5. The van der Waals surface area contributed by atoms with E-state index < -0.39 is 6.10 Å². The van der Waals surface area contributed by atoms with Crippen LogP contribution in [-0.4, -0.2) is 18.3 Å². The van der Waals surface area contributed by atoms with Gasteiger partial charge in [-0.25, -0.2) is 0 Å². The molecule has 0 aliphatic heterocycles. The fraction of sp³-hybridized carbons (Fsp3) is 0.364. The van der Waals surface area contributed by atoms with Gasteiger partial charge in [0.05, 0.1) is 12.7 Å². The lowest BCUT2D eigenvalue weighted by Gasteiger charge is -2.12. The van der Waals surface area contributed by atoms with Crippen LogP contribution in [0.3, 0.4) is 0 Å². The number of hydrogen-bond acceptors (Lipinski definition) is 3. The molecular weight excluding hydrogens is 249 g/mol. The van der Waals surface area contributed by atoms with Gasteiger partial charge >= 0.3 is 0 Å². The maximum atomic E-state index is 8.95. The van der Waals surface area contributed by atoms with Gasteiger partial charge in [-0.3, -0.25) is 0 Å². The molecule has 0 amide bonds. The van der Waals surface area contributed by atoms with Crippen molar-refractivity contribution in [2.75, 3.05) is 13.2 Å². The third-order valence-corrected chi connectivity index (χ3v) is 2.52. The summed E-state index contributed by atoms with van der Waals surface area (Å²) in [4.78, 5) is 0. The van der Waals surface area contributed by atoms with E-state index in [2.05, 4.69) is 0 Å².